The maximum Gasteiger partial charge on any atom is 0.508 e. The summed E-state index contributed by atoms with van der Waals surface area (Å²) in [5.74, 6) is -1.31. The molecule has 0 aliphatic carbocycles. The van der Waals surface area contributed by atoms with Gasteiger partial charge in [-0.3, -0.25) is 9.59 Å². The van der Waals surface area contributed by atoms with Gasteiger partial charge in [0.05, 0.1) is 12.8 Å². The van der Waals surface area contributed by atoms with Gasteiger partial charge in [0.15, 0.2) is 0 Å². The molecule has 36 heavy (non-hydrogen) atoms. The van der Waals surface area contributed by atoms with Crippen molar-refractivity contribution < 1.29 is 33.3 Å². The van der Waals surface area contributed by atoms with Crippen molar-refractivity contribution in [2.24, 2.45) is 0 Å². The molecule has 0 aliphatic rings. The molecule has 9 heteroatoms. The summed E-state index contributed by atoms with van der Waals surface area (Å²) in [6, 6.07) is 22.6. The summed E-state index contributed by atoms with van der Waals surface area (Å²) in [7, 11) is 0. The van der Waals surface area contributed by atoms with Crippen LogP contribution in [0.4, 0.5) is 4.79 Å². The van der Waals surface area contributed by atoms with E-state index in [0.717, 1.165) is 16.7 Å². The van der Waals surface area contributed by atoms with Gasteiger partial charge in [-0.25, -0.2) is 4.79 Å². The van der Waals surface area contributed by atoms with E-state index in [4.69, 9.17) is 42.1 Å². The highest BCUT2D eigenvalue weighted by molar-refractivity contribution is 6.30. The Balaban J connectivity index is 1.54. The lowest BCUT2D eigenvalue weighted by Gasteiger charge is -2.17. The van der Waals surface area contributed by atoms with Gasteiger partial charge in [-0.15, -0.1) is 0 Å². The molecule has 0 saturated heterocycles. The van der Waals surface area contributed by atoms with Crippen molar-refractivity contribution >= 4 is 41.3 Å². The Morgan fingerprint density at radius 2 is 1.00 bits per heavy atom. The summed E-state index contributed by atoms with van der Waals surface area (Å²) in [6.45, 7) is -0.0151. The highest BCUT2D eigenvalue weighted by atomic mass is 35.5. The molecule has 0 amide bonds. The number of rotatable bonds is 11. The van der Waals surface area contributed by atoms with Crippen molar-refractivity contribution in [2.45, 2.75) is 38.8 Å². The first kappa shape index (κ1) is 27.0. The zero-order chi connectivity index (χ0) is 25.8. The Kier molecular flexibility index (Phi) is 10.6. The second-order valence-electron chi connectivity index (χ2n) is 7.75. The second-order valence-corrected chi connectivity index (χ2v) is 8.62. The number of benzene rings is 3. The molecule has 0 bridgehead atoms. The lowest BCUT2D eigenvalue weighted by atomic mass is 10.2. The average Bonchev–Trinajstić information content (AvgIpc) is 2.87. The fourth-order valence-corrected chi connectivity index (χ4v) is 3.27. The molecular weight excluding hydrogens is 507 g/mol. The van der Waals surface area contributed by atoms with Crippen LogP contribution in [0, 0.1) is 0 Å². The SMILES string of the molecule is O=C(CC(CC(=O)OCc1ccc(Cl)cc1)OC(=O)OCc1ccccc1)OCc1ccc(Cl)cc1. The van der Waals surface area contributed by atoms with Crippen molar-refractivity contribution in [1.29, 1.82) is 0 Å². The third-order valence-electron chi connectivity index (χ3n) is 4.88. The maximum atomic E-state index is 12.4. The number of esters is 2. The minimum Gasteiger partial charge on any atom is -0.461 e. The number of ether oxygens (including phenoxy) is 4. The van der Waals surface area contributed by atoms with Crippen molar-refractivity contribution in [1.82, 2.24) is 0 Å². The molecule has 7 nitrogen and oxygen atoms in total. The fraction of sp³-hybridized carbons (Fsp3) is 0.222. The van der Waals surface area contributed by atoms with Crippen LogP contribution in [0.1, 0.15) is 29.5 Å². The Morgan fingerprint density at radius 1 is 0.583 bits per heavy atom. The van der Waals surface area contributed by atoms with Gasteiger partial charge in [-0.05, 0) is 41.0 Å². The van der Waals surface area contributed by atoms with Crippen LogP contribution in [0.5, 0.6) is 0 Å². The standard InChI is InChI=1S/C27H24Cl2O7/c28-22-10-6-20(7-11-22)16-33-25(30)14-24(36-27(32)35-18-19-4-2-1-3-5-19)15-26(31)34-17-21-8-12-23(29)13-9-21/h1-13,24H,14-18H2. The van der Waals surface area contributed by atoms with Crippen LogP contribution in [0.25, 0.3) is 0 Å². The predicted octanol–water partition coefficient (Wildman–Crippen LogP) is 6.28. The Labute approximate surface area is 218 Å². The van der Waals surface area contributed by atoms with E-state index in [9.17, 15) is 14.4 Å². The van der Waals surface area contributed by atoms with Gasteiger partial charge in [0.2, 0.25) is 0 Å². The van der Waals surface area contributed by atoms with Gasteiger partial charge in [0.1, 0.15) is 25.9 Å². The summed E-state index contributed by atoms with van der Waals surface area (Å²) in [5.41, 5.74) is 2.22. The Morgan fingerprint density at radius 3 is 1.47 bits per heavy atom. The fourth-order valence-electron chi connectivity index (χ4n) is 3.02. The maximum absolute atomic E-state index is 12.4. The molecule has 0 radical (unpaired) electrons. The molecule has 0 unspecified atom stereocenters. The van der Waals surface area contributed by atoms with Gasteiger partial charge < -0.3 is 18.9 Å². The molecule has 0 atom stereocenters. The minimum absolute atomic E-state index is 0.00217. The second kappa shape index (κ2) is 14.1. The van der Waals surface area contributed by atoms with Gasteiger partial charge in [-0.1, -0.05) is 77.8 Å². The van der Waals surface area contributed by atoms with Crippen LogP contribution in [0.15, 0.2) is 78.9 Å². The first-order valence-electron chi connectivity index (χ1n) is 11.0. The van der Waals surface area contributed by atoms with Gasteiger partial charge in [-0.2, -0.15) is 0 Å². The van der Waals surface area contributed by atoms with E-state index in [0.29, 0.717) is 10.0 Å². The van der Waals surface area contributed by atoms with Gasteiger partial charge >= 0.3 is 18.1 Å². The Bertz CT molecular complexity index is 1070. The Hall–Kier alpha value is -3.55. The summed E-state index contributed by atoms with van der Waals surface area (Å²) >= 11 is 11.7. The van der Waals surface area contributed by atoms with Crippen LogP contribution in [-0.4, -0.2) is 24.2 Å². The monoisotopic (exact) mass is 530 g/mol. The topological polar surface area (TPSA) is 88.1 Å². The van der Waals surface area contributed by atoms with E-state index in [-0.39, 0.29) is 32.7 Å². The lowest BCUT2D eigenvalue weighted by molar-refractivity contribution is -0.151. The van der Waals surface area contributed by atoms with Crippen molar-refractivity contribution in [3.63, 3.8) is 0 Å². The molecule has 188 valence electrons. The molecule has 0 N–H and O–H groups in total. The van der Waals surface area contributed by atoms with E-state index in [1.165, 1.54) is 0 Å². The molecule has 0 aromatic heterocycles. The number of carbonyl (C=O) groups is 3. The molecule has 0 spiro atoms. The molecule has 3 aromatic carbocycles. The van der Waals surface area contributed by atoms with E-state index in [1.807, 2.05) is 6.07 Å². The summed E-state index contributed by atoms with van der Waals surface area (Å²) in [4.78, 5) is 37.0. The highest BCUT2D eigenvalue weighted by Crippen LogP contribution is 2.15. The molecule has 3 rings (SSSR count). The highest BCUT2D eigenvalue weighted by Gasteiger charge is 2.24. The van der Waals surface area contributed by atoms with Crippen LogP contribution in [-0.2, 0) is 48.4 Å². The quantitative estimate of drug-likeness (QED) is 0.213. The molecular formula is C27H24Cl2O7. The smallest absolute Gasteiger partial charge is 0.461 e. The number of carbonyl (C=O) groups excluding carboxylic acids is 3. The third-order valence-corrected chi connectivity index (χ3v) is 5.38. The van der Waals surface area contributed by atoms with Crippen molar-refractivity contribution in [2.75, 3.05) is 0 Å². The molecule has 0 fully saturated rings. The average molecular weight is 531 g/mol. The van der Waals surface area contributed by atoms with E-state index in [1.54, 1.807) is 72.8 Å². The van der Waals surface area contributed by atoms with Crippen LogP contribution in [0.2, 0.25) is 10.0 Å². The molecule has 3 aromatic rings. The van der Waals surface area contributed by atoms with Gasteiger partial charge in [0, 0.05) is 10.0 Å². The first-order chi connectivity index (χ1) is 17.4. The number of halogens is 2. The summed E-state index contributed by atoms with van der Waals surface area (Å²) in [5, 5.41) is 1.12. The normalized spacial score (nSPS) is 10.5. The van der Waals surface area contributed by atoms with Crippen LogP contribution in [0.3, 0.4) is 0 Å². The lowest BCUT2D eigenvalue weighted by Crippen LogP contribution is -2.26. The van der Waals surface area contributed by atoms with Crippen molar-refractivity contribution in [3.05, 3.63) is 106 Å². The largest absolute Gasteiger partial charge is 0.508 e. The first-order valence-corrected chi connectivity index (χ1v) is 11.8. The molecule has 0 saturated carbocycles. The number of hydrogen-bond donors (Lipinski definition) is 0. The molecule has 0 heterocycles. The van der Waals surface area contributed by atoms with Gasteiger partial charge in [0.25, 0.3) is 0 Å². The zero-order valence-corrected chi connectivity index (χ0v) is 20.7. The van der Waals surface area contributed by atoms with E-state index < -0.39 is 24.2 Å². The molecule has 0 aliphatic heterocycles. The summed E-state index contributed by atoms with van der Waals surface area (Å²) < 4.78 is 20.9. The minimum atomic E-state index is -1.14. The summed E-state index contributed by atoms with van der Waals surface area (Å²) in [6.07, 6.45) is -2.86. The van der Waals surface area contributed by atoms with Crippen molar-refractivity contribution in [3.8, 4) is 0 Å². The predicted molar refractivity (Wildman–Crippen MR) is 133 cm³/mol. The van der Waals surface area contributed by atoms with E-state index >= 15 is 0 Å². The van der Waals surface area contributed by atoms with E-state index in [2.05, 4.69) is 0 Å². The number of hydrogen-bond acceptors (Lipinski definition) is 7. The van der Waals surface area contributed by atoms with Crippen LogP contribution >= 0.6 is 23.2 Å². The third kappa shape index (κ3) is 9.98. The van der Waals surface area contributed by atoms with Crippen LogP contribution < -0.4 is 0 Å². The zero-order valence-electron chi connectivity index (χ0n) is 19.2.